The molecule has 0 aromatic carbocycles. The average molecular weight is 189 g/mol. The summed E-state index contributed by atoms with van der Waals surface area (Å²) in [6.07, 6.45) is 3.97. The van der Waals surface area contributed by atoms with Gasteiger partial charge < -0.3 is 5.11 Å². The summed E-state index contributed by atoms with van der Waals surface area (Å²) in [7, 11) is 0. The van der Waals surface area contributed by atoms with E-state index in [4.69, 9.17) is 16.7 Å². The molecule has 0 aromatic rings. The Balaban J connectivity index is 2.59. The quantitative estimate of drug-likeness (QED) is 0.534. The molecule has 1 fully saturated rings. The van der Waals surface area contributed by atoms with Gasteiger partial charge in [0.05, 0.1) is 0 Å². The number of carboxylic acids is 1. The number of carboxylic acid groups (broad SMARTS) is 1. The van der Waals surface area contributed by atoms with Crippen molar-refractivity contribution in [1.29, 1.82) is 0 Å². The number of hydrogen-bond acceptors (Lipinski definition) is 1. The number of rotatable bonds is 2. The van der Waals surface area contributed by atoms with Crippen LogP contribution in [0.3, 0.4) is 0 Å². The molecule has 1 aliphatic rings. The largest absolute Gasteiger partial charge is 0.478 e. The molecule has 1 saturated carbocycles. The Morgan fingerprint density at radius 3 is 2.50 bits per heavy atom. The van der Waals surface area contributed by atoms with E-state index in [-0.39, 0.29) is 16.9 Å². The molecular formula is C9H13ClO2. The molecule has 0 aromatic heterocycles. The molecule has 1 N–H and O–H groups in total. The fraction of sp³-hybridized carbons (Fsp3) is 0.667. The lowest BCUT2D eigenvalue weighted by molar-refractivity contribution is -0.133. The van der Waals surface area contributed by atoms with Gasteiger partial charge in [0.1, 0.15) is 0 Å². The maximum absolute atomic E-state index is 10.6. The van der Waals surface area contributed by atoms with E-state index < -0.39 is 5.97 Å². The van der Waals surface area contributed by atoms with Gasteiger partial charge in [-0.05, 0) is 12.8 Å². The van der Waals surface area contributed by atoms with Gasteiger partial charge in [-0.1, -0.05) is 19.4 Å². The summed E-state index contributed by atoms with van der Waals surface area (Å²) in [5.74, 6) is -0.925. The fourth-order valence-corrected chi connectivity index (χ4v) is 2.07. The monoisotopic (exact) mass is 188 g/mol. The Kier molecular flexibility index (Phi) is 3.15. The molecule has 2 nitrogen and oxygen atoms in total. The molecule has 1 aliphatic carbocycles. The van der Waals surface area contributed by atoms with Gasteiger partial charge in [0.25, 0.3) is 0 Å². The number of hydrogen-bond donors (Lipinski definition) is 1. The van der Waals surface area contributed by atoms with Crippen LogP contribution < -0.4 is 0 Å². The first-order valence-corrected chi connectivity index (χ1v) is 4.62. The summed E-state index contributed by atoms with van der Waals surface area (Å²) < 4.78 is 0. The highest BCUT2D eigenvalue weighted by molar-refractivity contribution is 6.21. The van der Waals surface area contributed by atoms with Crippen molar-refractivity contribution in [3.8, 4) is 0 Å². The van der Waals surface area contributed by atoms with Crippen LogP contribution in [0.1, 0.15) is 25.7 Å². The van der Waals surface area contributed by atoms with Crippen molar-refractivity contribution in [1.82, 2.24) is 0 Å². The number of halogens is 1. The van der Waals surface area contributed by atoms with Crippen molar-refractivity contribution in [2.75, 3.05) is 0 Å². The predicted octanol–water partition coefficient (Wildman–Crippen LogP) is 2.42. The molecule has 0 spiro atoms. The Morgan fingerprint density at radius 2 is 2.00 bits per heavy atom. The van der Waals surface area contributed by atoms with E-state index in [1.54, 1.807) is 0 Å². The van der Waals surface area contributed by atoms with Crippen LogP contribution in [0.15, 0.2) is 12.2 Å². The first-order chi connectivity index (χ1) is 5.63. The van der Waals surface area contributed by atoms with Crippen molar-refractivity contribution in [2.24, 2.45) is 5.92 Å². The van der Waals surface area contributed by atoms with Crippen LogP contribution in [0.25, 0.3) is 0 Å². The van der Waals surface area contributed by atoms with E-state index in [0.717, 1.165) is 25.7 Å². The lowest BCUT2D eigenvalue weighted by atomic mass is 9.84. The van der Waals surface area contributed by atoms with Crippen LogP contribution in [0.4, 0.5) is 0 Å². The standard InChI is InChI=1S/C9H13ClO2/c1-6(9(11)12)7-4-2-3-5-8(7)10/h7-8H,1-5H2,(H,11,12). The normalized spacial score (nSPS) is 29.8. The van der Waals surface area contributed by atoms with Gasteiger partial charge in [0.15, 0.2) is 0 Å². The summed E-state index contributed by atoms with van der Waals surface area (Å²) in [6, 6.07) is 0. The Morgan fingerprint density at radius 1 is 1.42 bits per heavy atom. The van der Waals surface area contributed by atoms with Crippen LogP contribution in [-0.4, -0.2) is 16.5 Å². The van der Waals surface area contributed by atoms with Gasteiger partial charge in [-0.15, -0.1) is 11.6 Å². The molecule has 0 saturated heterocycles. The minimum atomic E-state index is -0.910. The average Bonchev–Trinajstić information content (AvgIpc) is 2.04. The molecule has 2 atom stereocenters. The summed E-state index contributed by atoms with van der Waals surface area (Å²) in [6.45, 7) is 3.54. The van der Waals surface area contributed by atoms with E-state index in [2.05, 4.69) is 6.58 Å². The Labute approximate surface area is 77.2 Å². The zero-order valence-electron chi connectivity index (χ0n) is 6.92. The second-order valence-electron chi connectivity index (χ2n) is 3.24. The highest BCUT2D eigenvalue weighted by Gasteiger charge is 2.28. The summed E-state index contributed by atoms with van der Waals surface area (Å²) in [5, 5.41) is 8.67. The third kappa shape index (κ3) is 2.01. The smallest absolute Gasteiger partial charge is 0.331 e. The maximum atomic E-state index is 10.6. The van der Waals surface area contributed by atoms with Gasteiger partial charge in [0.2, 0.25) is 0 Å². The van der Waals surface area contributed by atoms with Gasteiger partial charge in [-0.3, -0.25) is 0 Å². The SMILES string of the molecule is C=C(C(=O)O)C1CCCCC1Cl. The Bertz CT molecular complexity index is 201. The Hall–Kier alpha value is -0.500. The third-order valence-corrected chi connectivity index (χ3v) is 2.93. The molecule has 2 unspecified atom stereocenters. The summed E-state index contributed by atoms with van der Waals surface area (Å²) in [5.41, 5.74) is 0.273. The van der Waals surface area contributed by atoms with Crippen molar-refractivity contribution >= 4 is 17.6 Å². The topological polar surface area (TPSA) is 37.3 Å². The molecule has 0 radical (unpaired) electrons. The summed E-state index contributed by atoms with van der Waals surface area (Å²) in [4.78, 5) is 10.6. The molecule has 0 aliphatic heterocycles. The maximum Gasteiger partial charge on any atom is 0.331 e. The van der Waals surface area contributed by atoms with E-state index in [1.165, 1.54) is 0 Å². The number of aliphatic carboxylic acids is 1. The second kappa shape index (κ2) is 3.94. The van der Waals surface area contributed by atoms with Crippen molar-refractivity contribution in [2.45, 2.75) is 31.1 Å². The molecular weight excluding hydrogens is 176 g/mol. The van der Waals surface area contributed by atoms with Crippen molar-refractivity contribution in [3.05, 3.63) is 12.2 Å². The summed E-state index contributed by atoms with van der Waals surface area (Å²) >= 11 is 6.00. The first-order valence-electron chi connectivity index (χ1n) is 4.19. The number of carbonyl (C=O) groups is 1. The zero-order chi connectivity index (χ0) is 9.14. The highest BCUT2D eigenvalue weighted by atomic mass is 35.5. The third-order valence-electron chi connectivity index (χ3n) is 2.40. The number of alkyl halides is 1. The fourth-order valence-electron chi connectivity index (χ4n) is 1.64. The molecule has 0 heterocycles. The predicted molar refractivity (Wildman–Crippen MR) is 48.4 cm³/mol. The minimum absolute atomic E-state index is 0.0158. The van der Waals surface area contributed by atoms with E-state index in [0.29, 0.717) is 0 Å². The minimum Gasteiger partial charge on any atom is -0.478 e. The lowest BCUT2D eigenvalue weighted by Gasteiger charge is -2.26. The van der Waals surface area contributed by atoms with Crippen LogP contribution in [-0.2, 0) is 4.79 Å². The molecule has 12 heavy (non-hydrogen) atoms. The molecule has 0 amide bonds. The van der Waals surface area contributed by atoms with Gasteiger partial charge >= 0.3 is 5.97 Å². The van der Waals surface area contributed by atoms with Crippen LogP contribution in [0, 0.1) is 5.92 Å². The van der Waals surface area contributed by atoms with Crippen LogP contribution >= 0.6 is 11.6 Å². The van der Waals surface area contributed by atoms with E-state index in [9.17, 15) is 4.79 Å². The van der Waals surface area contributed by atoms with Gasteiger partial charge in [-0.2, -0.15) is 0 Å². The molecule has 3 heteroatoms. The molecule has 1 rings (SSSR count). The van der Waals surface area contributed by atoms with Crippen molar-refractivity contribution in [3.63, 3.8) is 0 Å². The first kappa shape index (κ1) is 9.59. The van der Waals surface area contributed by atoms with Crippen LogP contribution in [0.5, 0.6) is 0 Å². The van der Waals surface area contributed by atoms with Crippen molar-refractivity contribution < 1.29 is 9.90 Å². The zero-order valence-corrected chi connectivity index (χ0v) is 7.68. The van der Waals surface area contributed by atoms with E-state index >= 15 is 0 Å². The van der Waals surface area contributed by atoms with Gasteiger partial charge in [0, 0.05) is 16.9 Å². The molecule has 68 valence electrons. The highest BCUT2D eigenvalue weighted by Crippen LogP contribution is 2.32. The van der Waals surface area contributed by atoms with Crippen LogP contribution in [0.2, 0.25) is 0 Å². The molecule has 0 bridgehead atoms. The van der Waals surface area contributed by atoms with E-state index in [1.807, 2.05) is 0 Å². The lowest BCUT2D eigenvalue weighted by Crippen LogP contribution is -2.24. The second-order valence-corrected chi connectivity index (χ2v) is 3.80. The van der Waals surface area contributed by atoms with Gasteiger partial charge in [-0.25, -0.2) is 4.79 Å².